The zero-order chi connectivity index (χ0) is 31.2. The molecule has 3 amide bonds. The lowest BCUT2D eigenvalue weighted by molar-refractivity contribution is -0.146. The fourth-order valence-corrected chi connectivity index (χ4v) is 5.78. The van der Waals surface area contributed by atoms with E-state index in [0.29, 0.717) is 28.3 Å². The number of rotatable bonds is 4. The summed E-state index contributed by atoms with van der Waals surface area (Å²) in [7, 11) is 2.74. The standard InChI is InChI=1S/C31H39N3O8/c1-18(35)32-21-16-19(14-15-24(21)39-8)31-17-23(25(36)40-9)34(28(38)42-30(5,6)7)26(31)33(27(37)41-29(2,3)4)22-13-11-10-12-20(22)31/h10-16,23,26H,17H2,1-9H3,(H,32,35)/t23-,26-,31+/m0/s1. The van der Waals surface area contributed by atoms with Gasteiger partial charge in [-0.1, -0.05) is 24.3 Å². The second-order valence-corrected chi connectivity index (χ2v) is 12.4. The number of likely N-dealkylation sites (tertiary alicyclic amines) is 1. The van der Waals surface area contributed by atoms with Gasteiger partial charge < -0.3 is 24.3 Å². The molecule has 11 heteroatoms. The van der Waals surface area contributed by atoms with Crippen LogP contribution in [0.2, 0.25) is 0 Å². The quantitative estimate of drug-likeness (QED) is 0.386. The van der Waals surface area contributed by atoms with Crippen LogP contribution in [0.25, 0.3) is 0 Å². The number of fused-ring (bicyclic) bond motifs is 3. The first-order chi connectivity index (χ1) is 19.5. The minimum atomic E-state index is -1.15. The Balaban J connectivity index is 2.05. The number of benzene rings is 2. The maximum Gasteiger partial charge on any atom is 0.416 e. The predicted octanol–water partition coefficient (Wildman–Crippen LogP) is 5.20. The number of carbonyl (C=O) groups excluding carboxylic acids is 4. The summed E-state index contributed by atoms with van der Waals surface area (Å²) in [5, 5.41) is 2.80. The van der Waals surface area contributed by atoms with Crippen LogP contribution in [-0.2, 0) is 29.2 Å². The van der Waals surface area contributed by atoms with Gasteiger partial charge in [0.05, 0.1) is 31.0 Å². The van der Waals surface area contributed by atoms with Crippen molar-refractivity contribution >= 4 is 35.4 Å². The number of anilines is 2. The summed E-state index contributed by atoms with van der Waals surface area (Å²) in [5.74, 6) is -0.550. The Hall–Kier alpha value is -4.28. The molecule has 226 valence electrons. The third-order valence-corrected chi connectivity index (χ3v) is 7.14. The van der Waals surface area contributed by atoms with Crippen molar-refractivity contribution in [1.29, 1.82) is 0 Å². The molecule has 11 nitrogen and oxygen atoms in total. The number of ether oxygens (including phenoxy) is 4. The van der Waals surface area contributed by atoms with Crippen LogP contribution >= 0.6 is 0 Å². The predicted molar refractivity (Wildman–Crippen MR) is 156 cm³/mol. The van der Waals surface area contributed by atoms with E-state index in [9.17, 15) is 19.2 Å². The number of carbonyl (C=O) groups is 4. The summed E-state index contributed by atoms with van der Waals surface area (Å²) in [6, 6.07) is 11.4. The lowest BCUT2D eigenvalue weighted by Crippen LogP contribution is -2.58. The van der Waals surface area contributed by atoms with Gasteiger partial charge in [-0.25, -0.2) is 14.4 Å². The Kier molecular flexibility index (Phi) is 7.92. The molecule has 3 atom stereocenters. The molecule has 1 N–H and O–H groups in total. The molecule has 0 unspecified atom stereocenters. The van der Waals surface area contributed by atoms with Gasteiger partial charge in [-0.2, -0.15) is 0 Å². The van der Waals surface area contributed by atoms with Gasteiger partial charge in [0.25, 0.3) is 0 Å². The van der Waals surface area contributed by atoms with Gasteiger partial charge in [0.1, 0.15) is 29.2 Å². The number of nitrogens with one attached hydrogen (secondary N) is 1. The van der Waals surface area contributed by atoms with Crippen molar-refractivity contribution < 1.29 is 38.1 Å². The van der Waals surface area contributed by atoms with E-state index in [0.717, 1.165) is 0 Å². The smallest absolute Gasteiger partial charge is 0.416 e. The highest BCUT2D eigenvalue weighted by atomic mass is 16.6. The van der Waals surface area contributed by atoms with Crippen LogP contribution in [0.4, 0.5) is 21.0 Å². The van der Waals surface area contributed by atoms with Crippen LogP contribution in [0.5, 0.6) is 5.75 Å². The van der Waals surface area contributed by atoms with Gasteiger partial charge in [0, 0.05) is 6.92 Å². The van der Waals surface area contributed by atoms with E-state index in [1.54, 1.807) is 71.9 Å². The minimum Gasteiger partial charge on any atom is -0.495 e. The van der Waals surface area contributed by atoms with Gasteiger partial charge in [-0.15, -0.1) is 0 Å². The second kappa shape index (κ2) is 10.8. The topological polar surface area (TPSA) is 124 Å². The van der Waals surface area contributed by atoms with Gasteiger partial charge in [0.2, 0.25) is 5.91 Å². The molecule has 2 aromatic rings. The third kappa shape index (κ3) is 5.47. The van der Waals surface area contributed by atoms with E-state index in [1.165, 1.54) is 30.9 Å². The maximum absolute atomic E-state index is 14.0. The molecule has 0 aromatic heterocycles. The Labute approximate surface area is 246 Å². The average Bonchev–Trinajstić information content (AvgIpc) is 3.36. The summed E-state index contributed by atoms with van der Waals surface area (Å²) in [4.78, 5) is 56.1. The number of hydrogen-bond donors (Lipinski definition) is 1. The zero-order valence-corrected chi connectivity index (χ0v) is 25.6. The molecule has 0 spiro atoms. The Morgan fingerprint density at radius 1 is 0.905 bits per heavy atom. The molecule has 2 aliphatic heterocycles. The number of methoxy groups -OCH3 is 2. The first-order valence-electron chi connectivity index (χ1n) is 13.7. The SMILES string of the molecule is COC(=O)[C@@H]1C[C@@]2(c3ccc(OC)c(NC(C)=O)c3)c3ccccc3N(C(=O)OC(C)(C)C)[C@H]2N1C(=O)OC(C)(C)C. The third-order valence-electron chi connectivity index (χ3n) is 7.14. The minimum absolute atomic E-state index is 0.0612. The van der Waals surface area contributed by atoms with Crippen molar-refractivity contribution in [3.63, 3.8) is 0 Å². The Bertz CT molecular complexity index is 1410. The van der Waals surface area contributed by atoms with E-state index in [4.69, 9.17) is 18.9 Å². The van der Waals surface area contributed by atoms with E-state index < -0.39 is 47.0 Å². The van der Waals surface area contributed by atoms with Gasteiger partial charge in [-0.3, -0.25) is 14.6 Å². The molecule has 2 heterocycles. The molecule has 0 aliphatic carbocycles. The maximum atomic E-state index is 14.0. The second-order valence-electron chi connectivity index (χ2n) is 12.4. The Morgan fingerprint density at radius 3 is 2.10 bits per heavy atom. The molecule has 2 aromatic carbocycles. The van der Waals surface area contributed by atoms with Crippen LogP contribution < -0.4 is 15.0 Å². The average molecular weight is 582 g/mol. The fraction of sp³-hybridized carbons (Fsp3) is 0.484. The molecule has 0 radical (unpaired) electrons. The van der Waals surface area contributed by atoms with Crippen molar-refractivity contribution in [3.8, 4) is 5.75 Å². The van der Waals surface area contributed by atoms with Gasteiger partial charge in [0.15, 0.2) is 0 Å². The molecule has 1 saturated heterocycles. The molecular formula is C31H39N3O8. The first-order valence-corrected chi connectivity index (χ1v) is 13.7. The highest BCUT2D eigenvalue weighted by Crippen LogP contribution is 2.58. The summed E-state index contributed by atoms with van der Waals surface area (Å²) >= 11 is 0. The number of esters is 1. The highest BCUT2D eigenvalue weighted by Gasteiger charge is 2.67. The number of nitrogens with zero attached hydrogens (tertiary/aromatic N) is 2. The molecule has 1 fully saturated rings. The number of para-hydroxylation sites is 1. The van der Waals surface area contributed by atoms with Gasteiger partial charge in [-0.05, 0) is 77.3 Å². The summed E-state index contributed by atoms with van der Waals surface area (Å²) in [5.41, 5.74) is -0.658. The summed E-state index contributed by atoms with van der Waals surface area (Å²) < 4.78 is 22.3. The van der Waals surface area contributed by atoms with Crippen molar-refractivity contribution in [2.24, 2.45) is 0 Å². The molecule has 2 aliphatic rings. The van der Waals surface area contributed by atoms with Crippen LogP contribution in [0.1, 0.15) is 66.0 Å². The van der Waals surface area contributed by atoms with Crippen molar-refractivity contribution in [1.82, 2.24) is 4.90 Å². The molecule has 42 heavy (non-hydrogen) atoms. The van der Waals surface area contributed by atoms with E-state index in [1.807, 2.05) is 12.1 Å². The summed E-state index contributed by atoms with van der Waals surface area (Å²) in [6.45, 7) is 11.8. The normalized spacial score (nSPS) is 21.3. The summed E-state index contributed by atoms with van der Waals surface area (Å²) in [6.07, 6.45) is -2.51. The monoisotopic (exact) mass is 581 g/mol. The van der Waals surface area contributed by atoms with Gasteiger partial charge >= 0.3 is 18.2 Å². The van der Waals surface area contributed by atoms with Crippen LogP contribution in [0.15, 0.2) is 42.5 Å². The fourth-order valence-electron chi connectivity index (χ4n) is 5.78. The Morgan fingerprint density at radius 2 is 1.52 bits per heavy atom. The molecular weight excluding hydrogens is 542 g/mol. The van der Waals surface area contributed by atoms with E-state index >= 15 is 0 Å². The number of hydrogen-bond acceptors (Lipinski definition) is 8. The highest BCUT2D eigenvalue weighted by molar-refractivity contribution is 5.97. The van der Waals surface area contributed by atoms with Crippen LogP contribution in [0.3, 0.4) is 0 Å². The largest absolute Gasteiger partial charge is 0.495 e. The molecule has 4 rings (SSSR count). The molecule has 0 bridgehead atoms. The lowest BCUT2D eigenvalue weighted by Gasteiger charge is -2.39. The van der Waals surface area contributed by atoms with Crippen molar-refractivity contribution in [2.75, 3.05) is 24.4 Å². The zero-order valence-electron chi connectivity index (χ0n) is 25.6. The van der Waals surface area contributed by atoms with Crippen molar-refractivity contribution in [2.45, 2.75) is 83.7 Å². The first kappa shape index (κ1) is 30.7. The van der Waals surface area contributed by atoms with E-state index in [-0.39, 0.29) is 12.3 Å². The number of amides is 3. The van der Waals surface area contributed by atoms with Crippen LogP contribution in [-0.4, -0.2) is 66.6 Å². The molecule has 0 saturated carbocycles. The van der Waals surface area contributed by atoms with E-state index in [2.05, 4.69) is 5.32 Å². The lowest BCUT2D eigenvalue weighted by atomic mass is 9.72. The van der Waals surface area contributed by atoms with Crippen molar-refractivity contribution in [3.05, 3.63) is 53.6 Å². The van der Waals surface area contributed by atoms with Crippen LogP contribution in [0, 0.1) is 0 Å².